The molecule has 5 nitrogen and oxygen atoms in total. The SMILES string of the molecule is COc1cc(NCc2cc(=O)oc3c(C)c(C)ccc23)c(OC)cc1Cl. The highest BCUT2D eigenvalue weighted by atomic mass is 35.5. The largest absolute Gasteiger partial charge is 0.495 e. The second-order valence-electron chi connectivity index (χ2n) is 6.02. The number of nitrogens with one attached hydrogen (secondary N) is 1. The maximum absolute atomic E-state index is 12.0. The fraction of sp³-hybridized carbons (Fsp3) is 0.250. The monoisotopic (exact) mass is 373 g/mol. The number of hydrogen-bond acceptors (Lipinski definition) is 5. The maximum Gasteiger partial charge on any atom is 0.336 e. The van der Waals surface area contributed by atoms with Gasteiger partial charge in [-0.25, -0.2) is 4.79 Å². The third kappa shape index (κ3) is 3.35. The molecule has 0 bridgehead atoms. The van der Waals surface area contributed by atoms with Crippen LogP contribution in [-0.2, 0) is 6.54 Å². The lowest BCUT2D eigenvalue weighted by molar-refractivity contribution is 0.404. The molecular formula is C20H20ClNO4. The van der Waals surface area contributed by atoms with Gasteiger partial charge in [-0.3, -0.25) is 0 Å². The second kappa shape index (κ2) is 7.30. The molecule has 3 rings (SSSR count). The highest BCUT2D eigenvalue weighted by Crippen LogP contribution is 2.36. The van der Waals surface area contributed by atoms with Crippen molar-refractivity contribution in [2.75, 3.05) is 19.5 Å². The van der Waals surface area contributed by atoms with Crippen LogP contribution in [0.25, 0.3) is 11.0 Å². The summed E-state index contributed by atoms with van der Waals surface area (Å²) >= 11 is 6.14. The second-order valence-corrected chi connectivity index (χ2v) is 6.42. The summed E-state index contributed by atoms with van der Waals surface area (Å²) < 4.78 is 16.1. The lowest BCUT2D eigenvalue weighted by Gasteiger charge is -2.15. The van der Waals surface area contributed by atoms with Crippen LogP contribution in [0.1, 0.15) is 16.7 Å². The fourth-order valence-electron chi connectivity index (χ4n) is 2.86. The summed E-state index contributed by atoms with van der Waals surface area (Å²) in [6.45, 7) is 4.36. The van der Waals surface area contributed by atoms with Crippen molar-refractivity contribution < 1.29 is 13.9 Å². The smallest absolute Gasteiger partial charge is 0.336 e. The molecule has 1 heterocycles. The van der Waals surface area contributed by atoms with Crippen molar-refractivity contribution in [1.29, 1.82) is 0 Å². The molecule has 0 fully saturated rings. The van der Waals surface area contributed by atoms with Gasteiger partial charge in [0.05, 0.1) is 24.9 Å². The molecule has 26 heavy (non-hydrogen) atoms. The molecule has 1 aromatic heterocycles. The molecule has 0 amide bonds. The minimum Gasteiger partial charge on any atom is -0.495 e. The summed E-state index contributed by atoms with van der Waals surface area (Å²) in [5, 5.41) is 4.66. The Labute approximate surface area is 156 Å². The molecule has 0 radical (unpaired) electrons. The molecule has 3 aromatic rings. The quantitative estimate of drug-likeness (QED) is 0.657. The lowest BCUT2D eigenvalue weighted by Crippen LogP contribution is -2.07. The van der Waals surface area contributed by atoms with Gasteiger partial charge in [0.25, 0.3) is 0 Å². The number of rotatable bonds is 5. The van der Waals surface area contributed by atoms with Gasteiger partial charge in [-0.1, -0.05) is 23.7 Å². The molecule has 6 heteroatoms. The molecule has 2 aromatic carbocycles. The Morgan fingerprint density at radius 3 is 2.50 bits per heavy atom. The molecule has 0 saturated carbocycles. The zero-order chi connectivity index (χ0) is 18.8. The number of benzene rings is 2. The topological polar surface area (TPSA) is 60.7 Å². The van der Waals surface area contributed by atoms with Gasteiger partial charge in [0.15, 0.2) is 0 Å². The first kappa shape index (κ1) is 18.1. The first-order chi connectivity index (χ1) is 12.4. The molecule has 0 atom stereocenters. The predicted octanol–water partition coefficient (Wildman–Crippen LogP) is 4.69. The van der Waals surface area contributed by atoms with Crippen LogP contribution in [0.4, 0.5) is 5.69 Å². The van der Waals surface area contributed by atoms with Gasteiger partial charge in [0.1, 0.15) is 17.1 Å². The van der Waals surface area contributed by atoms with E-state index in [9.17, 15) is 4.79 Å². The summed E-state index contributed by atoms with van der Waals surface area (Å²) in [6, 6.07) is 8.95. The molecule has 0 saturated heterocycles. The average Bonchev–Trinajstić information content (AvgIpc) is 2.63. The highest BCUT2D eigenvalue weighted by Gasteiger charge is 2.12. The fourth-order valence-corrected chi connectivity index (χ4v) is 3.09. The molecule has 0 spiro atoms. The van der Waals surface area contributed by atoms with Gasteiger partial charge >= 0.3 is 5.63 Å². The van der Waals surface area contributed by atoms with Gasteiger partial charge in [0.2, 0.25) is 0 Å². The van der Waals surface area contributed by atoms with Crippen LogP contribution in [0.15, 0.2) is 39.5 Å². The number of halogens is 1. The van der Waals surface area contributed by atoms with Crippen LogP contribution in [0.3, 0.4) is 0 Å². The first-order valence-electron chi connectivity index (χ1n) is 8.13. The minimum absolute atomic E-state index is 0.372. The highest BCUT2D eigenvalue weighted by molar-refractivity contribution is 6.32. The third-order valence-corrected chi connectivity index (χ3v) is 4.76. The minimum atomic E-state index is -0.372. The summed E-state index contributed by atoms with van der Waals surface area (Å²) in [5.74, 6) is 1.13. The van der Waals surface area contributed by atoms with Crippen LogP contribution < -0.4 is 20.4 Å². The van der Waals surface area contributed by atoms with Gasteiger partial charge in [-0.15, -0.1) is 0 Å². The molecule has 0 aliphatic rings. The molecule has 0 unspecified atom stereocenters. The van der Waals surface area contributed by atoms with Crippen molar-refractivity contribution in [2.45, 2.75) is 20.4 Å². The number of fused-ring (bicyclic) bond motifs is 1. The molecule has 1 N–H and O–H groups in total. The van der Waals surface area contributed by atoms with Gasteiger partial charge < -0.3 is 19.2 Å². The van der Waals surface area contributed by atoms with Crippen LogP contribution in [-0.4, -0.2) is 14.2 Å². The van der Waals surface area contributed by atoms with E-state index >= 15 is 0 Å². The first-order valence-corrected chi connectivity index (χ1v) is 8.50. The molecule has 0 aliphatic carbocycles. The normalized spacial score (nSPS) is 10.8. The zero-order valence-corrected chi connectivity index (χ0v) is 15.9. The van der Waals surface area contributed by atoms with E-state index in [1.54, 1.807) is 26.4 Å². The van der Waals surface area contributed by atoms with E-state index in [1.807, 2.05) is 26.0 Å². The molecular weight excluding hydrogens is 354 g/mol. The van der Waals surface area contributed by atoms with Gasteiger partial charge in [-0.2, -0.15) is 0 Å². The standard InChI is InChI=1S/C20H20ClNO4/c1-11-5-6-14-13(7-19(23)26-20(14)12(11)2)10-22-16-9-17(24-3)15(21)8-18(16)25-4/h5-9,22H,10H2,1-4H3. The van der Waals surface area contributed by atoms with E-state index in [0.717, 1.165) is 27.8 Å². The summed E-state index contributed by atoms with van der Waals surface area (Å²) in [4.78, 5) is 12.0. The molecule has 0 aliphatic heterocycles. The Hall–Kier alpha value is -2.66. The number of methoxy groups -OCH3 is 2. The van der Waals surface area contributed by atoms with Crippen molar-refractivity contribution >= 4 is 28.3 Å². The zero-order valence-electron chi connectivity index (χ0n) is 15.1. The van der Waals surface area contributed by atoms with E-state index < -0.39 is 0 Å². The third-order valence-electron chi connectivity index (χ3n) is 4.46. The van der Waals surface area contributed by atoms with Crippen molar-refractivity contribution in [2.24, 2.45) is 0 Å². The van der Waals surface area contributed by atoms with Gasteiger partial charge in [-0.05, 0) is 30.5 Å². The van der Waals surface area contributed by atoms with Crippen molar-refractivity contribution in [3.05, 3.63) is 62.5 Å². The van der Waals surface area contributed by atoms with Crippen molar-refractivity contribution in [3.8, 4) is 11.5 Å². The Bertz CT molecular complexity index is 1030. The van der Waals surface area contributed by atoms with Crippen molar-refractivity contribution in [1.82, 2.24) is 0 Å². The van der Waals surface area contributed by atoms with Crippen LogP contribution in [0.2, 0.25) is 5.02 Å². The number of aryl methyl sites for hydroxylation is 2. The van der Waals surface area contributed by atoms with Gasteiger partial charge in [0, 0.05) is 30.1 Å². The van der Waals surface area contributed by atoms with E-state index in [4.69, 9.17) is 25.5 Å². The Morgan fingerprint density at radius 2 is 1.81 bits per heavy atom. The molecule has 136 valence electrons. The van der Waals surface area contributed by atoms with E-state index in [-0.39, 0.29) is 5.63 Å². The Balaban J connectivity index is 2.01. The number of anilines is 1. The lowest BCUT2D eigenvalue weighted by atomic mass is 10.0. The predicted molar refractivity (Wildman–Crippen MR) is 104 cm³/mol. The van der Waals surface area contributed by atoms with E-state index in [2.05, 4.69) is 5.32 Å². The van der Waals surface area contributed by atoms with Crippen LogP contribution >= 0.6 is 11.6 Å². The van der Waals surface area contributed by atoms with Crippen LogP contribution in [0.5, 0.6) is 11.5 Å². The van der Waals surface area contributed by atoms with E-state index in [0.29, 0.717) is 28.6 Å². The summed E-state index contributed by atoms with van der Waals surface area (Å²) in [6.07, 6.45) is 0. The Kier molecular flexibility index (Phi) is 5.09. The maximum atomic E-state index is 12.0. The van der Waals surface area contributed by atoms with Crippen LogP contribution in [0, 0.1) is 13.8 Å². The summed E-state index contributed by atoms with van der Waals surface area (Å²) in [7, 11) is 3.13. The summed E-state index contributed by atoms with van der Waals surface area (Å²) in [5.41, 5.74) is 3.86. The number of hydrogen-bond donors (Lipinski definition) is 1. The van der Waals surface area contributed by atoms with Crippen molar-refractivity contribution in [3.63, 3.8) is 0 Å². The van der Waals surface area contributed by atoms with E-state index in [1.165, 1.54) is 6.07 Å². The Morgan fingerprint density at radius 1 is 1.08 bits per heavy atom. The number of ether oxygens (including phenoxy) is 2. The average molecular weight is 374 g/mol.